The molecule has 5 heteroatoms. The molecule has 0 aliphatic heterocycles. The standard InChI is InChI=1S/C14H19N3O2/c1-18-12-3-4-13(19-2)10(7-12)8-14-16-9-11(17-14)5-6-15/h3-4,7,9H,5-6,8,15H2,1-2H3,(H,16,17). The summed E-state index contributed by atoms with van der Waals surface area (Å²) in [5, 5.41) is 0. The fourth-order valence-electron chi connectivity index (χ4n) is 1.98. The van der Waals surface area contributed by atoms with Gasteiger partial charge in [-0.15, -0.1) is 0 Å². The first-order valence-corrected chi connectivity index (χ1v) is 6.20. The molecule has 0 spiro atoms. The summed E-state index contributed by atoms with van der Waals surface area (Å²) in [5.74, 6) is 2.54. The Morgan fingerprint density at radius 2 is 2.11 bits per heavy atom. The monoisotopic (exact) mass is 261 g/mol. The predicted molar refractivity (Wildman–Crippen MR) is 73.7 cm³/mol. The Balaban J connectivity index is 2.20. The third kappa shape index (κ3) is 3.26. The molecular formula is C14H19N3O2. The van der Waals surface area contributed by atoms with E-state index in [1.807, 2.05) is 24.4 Å². The molecule has 0 fully saturated rings. The zero-order valence-corrected chi connectivity index (χ0v) is 11.3. The van der Waals surface area contributed by atoms with E-state index in [0.29, 0.717) is 13.0 Å². The molecule has 1 heterocycles. The molecule has 2 rings (SSSR count). The van der Waals surface area contributed by atoms with Gasteiger partial charge in [-0.1, -0.05) is 0 Å². The molecule has 0 amide bonds. The highest BCUT2D eigenvalue weighted by molar-refractivity contribution is 5.41. The lowest BCUT2D eigenvalue weighted by molar-refractivity contribution is 0.399. The van der Waals surface area contributed by atoms with Crippen molar-refractivity contribution in [3.8, 4) is 11.5 Å². The first kappa shape index (κ1) is 13.4. The summed E-state index contributed by atoms with van der Waals surface area (Å²) >= 11 is 0. The molecule has 0 radical (unpaired) electrons. The lowest BCUT2D eigenvalue weighted by Crippen LogP contribution is -2.03. The Labute approximate surface area is 112 Å². The average Bonchev–Trinajstić information content (AvgIpc) is 2.86. The largest absolute Gasteiger partial charge is 0.497 e. The van der Waals surface area contributed by atoms with Gasteiger partial charge in [0.15, 0.2) is 0 Å². The number of aromatic amines is 1. The lowest BCUT2D eigenvalue weighted by Gasteiger charge is -2.09. The van der Waals surface area contributed by atoms with Gasteiger partial charge in [-0.05, 0) is 24.7 Å². The van der Waals surface area contributed by atoms with Crippen molar-refractivity contribution in [2.45, 2.75) is 12.8 Å². The number of ether oxygens (including phenoxy) is 2. The number of H-pyrrole nitrogens is 1. The number of imidazole rings is 1. The number of methoxy groups -OCH3 is 2. The van der Waals surface area contributed by atoms with E-state index in [9.17, 15) is 0 Å². The average molecular weight is 261 g/mol. The van der Waals surface area contributed by atoms with Crippen LogP contribution in [0.25, 0.3) is 0 Å². The van der Waals surface area contributed by atoms with Gasteiger partial charge in [-0.3, -0.25) is 0 Å². The second-order valence-corrected chi connectivity index (χ2v) is 4.25. The van der Waals surface area contributed by atoms with Gasteiger partial charge in [0.05, 0.1) is 14.2 Å². The van der Waals surface area contributed by atoms with Crippen LogP contribution in [0.5, 0.6) is 11.5 Å². The van der Waals surface area contributed by atoms with Crippen LogP contribution >= 0.6 is 0 Å². The number of nitrogens with two attached hydrogens (primary N) is 1. The molecule has 19 heavy (non-hydrogen) atoms. The SMILES string of the molecule is COc1ccc(OC)c(Cc2ncc(CCN)[nH]2)c1. The van der Waals surface area contributed by atoms with Gasteiger partial charge < -0.3 is 20.2 Å². The molecular weight excluding hydrogens is 242 g/mol. The maximum Gasteiger partial charge on any atom is 0.122 e. The van der Waals surface area contributed by atoms with Crippen LogP contribution in [0.1, 0.15) is 17.1 Å². The summed E-state index contributed by atoms with van der Waals surface area (Å²) in [6.45, 7) is 0.615. The minimum absolute atomic E-state index is 0.615. The summed E-state index contributed by atoms with van der Waals surface area (Å²) < 4.78 is 10.6. The zero-order valence-electron chi connectivity index (χ0n) is 11.3. The van der Waals surface area contributed by atoms with Gasteiger partial charge in [0.2, 0.25) is 0 Å². The van der Waals surface area contributed by atoms with E-state index in [4.69, 9.17) is 15.2 Å². The van der Waals surface area contributed by atoms with Gasteiger partial charge in [-0.2, -0.15) is 0 Å². The second-order valence-electron chi connectivity index (χ2n) is 4.25. The molecule has 0 aliphatic carbocycles. The number of rotatable bonds is 6. The van der Waals surface area contributed by atoms with Gasteiger partial charge in [0.1, 0.15) is 17.3 Å². The van der Waals surface area contributed by atoms with E-state index >= 15 is 0 Å². The van der Waals surface area contributed by atoms with Crippen molar-refractivity contribution >= 4 is 0 Å². The Hall–Kier alpha value is -2.01. The van der Waals surface area contributed by atoms with Crippen LogP contribution in [0, 0.1) is 0 Å². The van der Waals surface area contributed by atoms with Crippen molar-refractivity contribution in [1.29, 1.82) is 0 Å². The van der Waals surface area contributed by atoms with E-state index in [1.54, 1.807) is 14.2 Å². The van der Waals surface area contributed by atoms with Gasteiger partial charge in [0.25, 0.3) is 0 Å². The predicted octanol–water partition coefficient (Wildman–Crippen LogP) is 1.52. The topological polar surface area (TPSA) is 73.2 Å². The fourth-order valence-corrected chi connectivity index (χ4v) is 1.98. The lowest BCUT2D eigenvalue weighted by atomic mass is 10.1. The van der Waals surface area contributed by atoms with E-state index in [2.05, 4.69) is 9.97 Å². The third-order valence-corrected chi connectivity index (χ3v) is 2.94. The van der Waals surface area contributed by atoms with E-state index < -0.39 is 0 Å². The van der Waals surface area contributed by atoms with Crippen LogP contribution in [0.3, 0.4) is 0 Å². The van der Waals surface area contributed by atoms with Crippen molar-refractivity contribution in [2.75, 3.05) is 20.8 Å². The first-order chi connectivity index (χ1) is 9.26. The molecule has 3 N–H and O–H groups in total. The molecule has 5 nitrogen and oxygen atoms in total. The minimum atomic E-state index is 0.615. The minimum Gasteiger partial charge on any atom is -0.497 e. The number of nitrogens with zero attached hydrogens (tertiary/aromatic N) is 1. The van der Waals surface area contributed by atoms with Crippen LogP contribution in [-0.4, -0.2) is 30.7 Å². The number of hydrogen-bond acceptors (Lipinski definition) is 4. The van der Waals surface area contributed by atoms with Crippen LogP contribution in [0.15, 0.2) is 24.4 Å². The first-order valence-electron chi connectivity index (χ1n) is 6.20. The molecule has 2 aromatic rings. The Bertz CT molecular complexity index is 537. The molecule has 1 aromatic heterocycles. The van der Waals surface area contributed by atoms with E-state index in [0.717, 1.165) is 35.0 Å². The summed E-state index contributed by atoms with van der Waals surface area (Å²) in [4.78, 5) is 7.62. The quantitative estimate of drug-likeness (QED) is 0.827. The Morgan fingerprint density at radius 3 is 2.79 bits per heavy atom. The number of benzene rings is 1. The van der Waals surface area contributed by atoms with Crippen LogP contribution in [0.2, 0.25) is 0 Å². The number of hydrogen-bond donors (Lipinski definition) is 2. The van der Waals surface area contributed by atoms with Crippen molar-refractivity contribution in [3.63, 3.8) is 0 Å². The molecule has 0 bridgehead atoms. The van der Waals surface area contributed by atoms with Crippen molar-refractivity contribution in [3.05, 3.63) is 41.5 Å². The summed E-state index contributed by atoms with van der Waals surface area (Å²) in [6.07, 6.45) is 3.31. The summed E-state index contributed by atoms with van der Waals surface area (Å²) in [7, 11) is 3.31. The highest BCUT2D eigenvalue weighted by Gasteiger charge is 2.08. The molecule has 0 saturated heterocycles. The Morgan fingerprint density at radius 1 is 1.26 bits per heavy atom. The van der Waals surface area contributed by atoms with Gasteiger partial charge >= 0.3 is 0 Å². The van der Waals surface area contributed by atoms with Crippen LogP contribution in [-0.2, 0) is 12.8 Å². The van der Waals surface area contributed by atoms with Crippen molar-refractivity contribution < 1.29 is 9.47 Å². The maximum atomic E-state index is 5.52. The van der Waals surface area contributed by atoms with Gasteiger partial charge in [0, 0.05) is 30.3 Å². The van der Waals surface area contributed by atoms with Crippen LogP contribution in [0.4, 0.5) is 0 Å². The molecule has 1 aromatic carbocycles. The molecule has 102 valence electrons. The highest BCUT2D eigenvalue weighted by atomic mass is 16.5. The van der Waals surface area contributed by atoms with E-state index in [-0.39, 0.29) is 0 Å². The van der Waals surface area contributed by atoms with Gasteiger partial charge in [-0.25, -0.2) is 4.98 Å². The molecule has 0 aliphatic rings. The third-order valence-electron chi connectivity index (χ3n) is 2.94. The molecule has 0 unspecified atom stereocenters. The van der Waals surface area contributed by atoms with Crippen molar-refractivity contribution in [1.82, 2.24) is 9.97 Å². The zero-order chi connectivity index (χ0) is 13.7. The molecule has 0 atom stereocenters. The van der Waals surface area contributed by atoms with Crippen molar-refractivity contribution in [2.24, 2.45) is 5.73 Å². The summed E-state index contributed by atoms with van der Waals surface area (Å²) in [6, 6.07) is 5.74. The number of aromatic nitrogens is 2. The highest BCUT2D eigenvalue weighted by Crippen LogP contribution is 2.25. The fraction of sp³-hybridized carbons (Fsp3) is 0.357. The number of nitrogens with one attached hydrogen (secondary N) is 1. The maximum absolute atomic E-state index is 5.52. The normalized spacial score (nSPS) is 10.5. The van der Waals surface area contributed by atoms with E-state index in [1.165, 1.54) is 0 Å². The van der Waals surface area contributed by atoms with Crippen LogP contribution < -0.4 is 15.2 Å². The Kier molecular flexibility index (Phi) is 4.41. The summed E-state index contributed by atoms with van der Waals surface area (Å²) in [5.41, 5.74) is 7.61. The second kappa shape index (κ2) is 6.24. The molecule has 0 saturated carbocycles. The smallest absolute Gasteiger partial charge is 0.122 e.